The Morgan fingerprint density at radius 2 is 1.73 bits per heavy atom. The van der Waals surface area contributed by atoms with E-state index in [4.69, 9.17) is 0 Å². The van der Waals surface area contributed by atoms with Gasteiger partial charge in [0.15, 0.2) is 0 Å². The molecule has 1 aliphatic heterocycles. The zero-order chi connectivity index (χ0) is 21.6. The van der Waals surface area contributed by atoms with E-state index in [1.807, 2.05) is 0 Å². The van der Waals surface area contributed by atoms with Crippen LogP contribution in [-0.4, -0.2) is 25.6 Å². The number of hydrogen-bond acceptors (Lipinski definition) is 6. The minimum atomic E-state index is -4.80. The Balaban J connectivity index is 1.56. The second-order valence-electron chi connectivity index (χ2n) is 6.33. The molecular formula is C18H12F3N5O3S. The normalized spacial score (nSPS) is 15.0. The summed E-state index contributed by atoms with van der Waals surface area (Å²) in [6.07, 6.45) is -3.24. The number of fused-ring (bicyclic) bond motifs is 1. The number of carbonyl (C=O) groups excluding carboxylic acids is 1. The van der Waals surface area contributed by atoms with E-state index >= 15 is 0 Å². The van der Waals surface area contributed by atoms with Gasteiger partial charge >= 0.3 is 17.9 Å². The predicted molar refractivity (Wildman–Crippen MR) is 100 cm³/mol. The number of carbonyl (C=O) groups is 1. The van der Waals surface area contributed by atoms with Crippen molar-refractivity contribution < 1.29 is 26.4 Å². The molecule has 2 heterocycles. The van der Waals surface area contributed by atoms with Crippen LogP contribution in [0.4, 0.5) is 23.7 Å². The lowest BCUT2D eigenvalue weighted by atomic mass is 10.0. The van der Waals surface area contributed by atoms with Gasteiger partial charge < -0.3 is 5.32 Å². The Morgan fingerprint density at radius 1 is 1.00 bits per heavy atom. The van der Waals surface area contributed by atoms with Gasteiger partial charge in [0.25, 0.3) is 10.0 Å². The number of hydrogen-bond donors (Lipinski definition) is 2. The first-order chi connectivity index (χ1) is 14.1. The minimum absolute atomic E-state index is 0.314. The van der Waals surface area contributed by atoms with Crippen LogP contribution in [0.25, 0.3) is 10.9 Å². The second kappa shape index (κ2) is 6.76. The molecule has 1 aromatic heterocycles. The van der Waals surface area contributed by atoms with Gasteiger partial charge in [0.05, 0.1) is 16.1 Å². The fourth-order valence-electron chi connectivity index (χ4n) is 2.86. The van der Waals surface area contributed by atoms with Crippen molar-refractivity contribution in [3.63, 3.8) is 0 Å². The third-order valence-electron chi connectivity index (χ3n) is 4.36. The molecule has 1 aliphatic rings. The minimum Gasteiger partial charge on any atom is -0.306 e. The number of benzene rings is 2. The Labute approximate surface area is 167 Å². The largest absolute Gasteiger partial charge is 0.442 e. The number of nitrogens with zero attached hydrogens (tertiary/aromatic N) is 3. The van der Waals surface area contributed by atoms with Crippen molar-refractivity contribution in [3.05, 3.63) is 66.4 Å². The van der Waals surface area contributed by atoms with Crippen LogP contribution >= 0.6 is 0 Å². The molecule has 0 spiro atoms. The quantitative estimate of drug-likeness (QED) is 0.647. The van der Waals surface area contributed by atoms with Gasteiger partial charge in [0.2, 0.25) is 0 Å². The molecule has 8 nitrogen and oxygen atoms in total. The van der Waals surface area contributed by atoms with Crippen LogP contribution in [0.2, 0.25) is 0 Å². The maximum atomic E-state index is 13.2. The van der Waals surface area contributed by atoms with Gasteiger partial charge in [0, 0.05) is 17.1 Å². The van der Waals surface area contributed by atoms with Gasteiger partial charge in [-0.15, -0.1) is 10.2 Å². The molecule has 0 bridgehead atoms. The molecule has 12 heteroatoms. The smallest absolute Gasteiger partial charge is 0.306 e. The average Bonchev–Trinajstić information content (AvgIpc) is 3.50. The van der Waals surface area contributed by atoms with Crippen molar-refractivity contribution in [1.29, 1.82) is 0 Å². The zero-order valence-corrected chi connectivity index (χ0v) is 15.7. The highest BCUT2D eigenvalue weighted by atomic mass is 32.2. The third-order valence-corrected chi connectivity index (χ3v) is 5.69. The van der Waals surface area contributed by atoms with Gasteiger partial charge in [-0.1, -0.05) is 18.2 Å². The number of nitrogens with one attached hydrogen (secondary N) is 2. The van der Waals surface area contributed by atoms with Crippen molar-refractivity contribution in [1.82, 2.24) is 9.71 Å². The Hall–Kier alpha value is -3.54. The summed E-state index contributed by atoms with van der Waals surface area (Å²) in [4.78, 5) is 15.9. The summed E-state index contributed by atoms with van der Waals surface area (Å²) in [5.74, 6) is 0. The van der Waals surface area contributed by atoms with Crippen molar-refractivity contribution in [2.75, 3.05) is 5.32 Å². The molecular weight excluding hydrogens is 423 g/mol. The molecule has 4 rings (SSSR count). The first-order valence-corrected chi connectivity index (χ1v) is 9.90. The number of alkyl halides is 3. The Bertz CT molecular complexity index is 1280. The molecule has 0 saturated carbocycles. The molecule has 0 unspecified atom stereocenters. The zero-order valence-electron chi connectivity index (χ0n) is 14.9. The molecule has 0 fully saturated rings. The van der Waals surface area contributed by atoms with Gasteiger partial charge in [-0.25, -0.2) is 17.9 Å². The maximum absolute atomic E-state index is 13.2. The number of halogens is 3. The van der Waals surface area contributed by atoms with E-state index in [-0.39, 0.29) is 0 Å². The number of amides is 2. The van der Waals surface area contributed by atoms with Crippen LogP contribution in [-0.2, 0) is 15.7 Å². The highest BCUT2D eigenvalue weighted by Crippen LogP contribution is 2.52. The second-order valence-corrected chi connectivity index (χ2v) is 8.02. The topological polar surface area (TPSA) is 113 Å². The molecule has 2 amide bonds. The number of pyridine rings is 1. The molecule has 0 saturated heterocycles. The number of urea groups is 1. The van der Waals surface area contributed by atoms with Gasteiger partial charge in [-0.3, -0.25) is 4.98 Å². The molecule has 2 aromatic carbocycles. The Kier molecular flexibility index (Phi) is 4.45. The summed E-state index contributed by atoms with van der Waals surface area (Å²) in [5.41, 5.74) is -2.33. The van der Waals surface area contributed by atoms with Crippen LogP contribution in [0.1, 0.15) is 5.56 Å². The van der Waals surface area contributed by atoms with Crippen molar-refractivity contribution in [2.24, 2.45) is 10.2 Å². The van der Waals surface area contributed by atoms with Crippen molar-refractivity contribution >= 4 is 32.6 Å². The number of rotatable bonds is 4. The Morgan fingerprint density at radius 3 is 2.43 bits per heavy atom. The van der Waals surface area contributed by atoms with Crippen LogP contribution in [0.15, 0.2) is 75.9 Å². The van der Waals surface area contributed by atoms with Crippen LogP contribution in [0.3, 0.4) is 0 Å². The van der Waals surface area contributed by atoms with E-state index in [0.29, 0.717) is 16.6 Å². The summed E-state index contributed by atoms with van der Waals surface area (Å²) < 4.78 is 66.3. The number of aromatic nitrogens is 1. The summed E-state index contributed by atoms with van der Waals surface area (Å²) in [7, 11) is -4.46. The van der Waals surface area contributed by atoms with Gasteiger partial charge in [-0.05, 0) is 36.4 Å². The van der Waals surface area contributed by atoms with E-state index in [2.05, 4.69) is 20.5 Å². The molecule has 0 atom stereocenters. The SMILES string of the molecule is O=C(Nc1cccc2ncccc12)NS(=O)(=O)c1cccc(C2(C(F)(F)F)N=N2)c1. The number of sulfonamides is 1. The van der Waals surface area contributed by atoms with Gasteiger partial charge in [-0.2, -0.15) is 13.2 Å². The monoisotopic (exact) mass is 435 g/mol. The fourth-order valence-corrected chi connectivity index (χ4v) is 3.82. The van der Waals surface area contributed by atoms with E-state index in [0.717, 1.165) is 24.3 Å². The lowest BCUT2D eigenvalue weighted by molar-refractivity contribution is -0.166. The molecule has 0 aliphatic carbocycles. The lowest BCUT2D eigenvalue weighted by Gasteiger charge is -2.16. The molecule has 3 aromatic rings. The standard InChI is InChI=1S/C18H12F3N5O3S/c19-18(20,21)17(25-26-17)11-4-1-5-12(10-11)30(28,29)24-16(27)23-15-8-2-7-14-13(15)6-3-9-22-14/h1-10H,(H2,23,24,27). The molecule has 2 N–H and O–H groups in total. The van der Waals surface area contributed by atoms with Crippen molar-refractivity contribution in [3.8, 4) is 0 Å². The fraction of sp³-hybridized carbons (Fsp3) is 0.111. The van der Waals surface area contributed by atoms with E-state index < -0.39 is 38.4 Å². The van der Waals surface area contributed by atoms with E-state index in [1.165, 1.54) is 0 Å². The molecule has 154 valence electrons. The summed E-state index contributed by atoms with van der Waals surface area (Å²) in [5, 5.41) is 9.08. The first-order valence-electron chi connectivity index (χ1n) is 8.41. The summed E-state index contributed by atoms with van der Waals surface area (Å²) >= 11 is 0. The number of anilines is 1. The lowest BCUT2D eigenvalue weighted by Crippen LogP contribution is -2.35. The highest BCUT2D eigenvalue weighted by Gasteiger charge is 2.65. The molecule has 0 radical (unpaired) electrons. The van der Waals surface area contributed by atoms with Gasteiger partial charge in [0.1, 0.15) is 0 Å². The average molecular weight is 435 g/mol. The van der Waals surface area contributed by atoms with Crippen LogP contribution in [0.5, 0.6) is 0 Å². The van der Waals surface area contributed by atoms with Crippen LogP contribution < -0.4 is 10.0 Å². The summed E-state index contributed by atoms with van der Waals surface area (Å²) in [6, 6.07) is 11.2. The predicted octanol–water partition coefficient (Wildman–Crippen LogP) is 3.93. The molecule has 30 heavy (non-hydrogen) atoms. The maximum Gasteiger partial charge on any atom is 0.442 e. The first kappa shape index (κ1) is 19.8. The van der Waals surface area contributed by atoms with Crippen molar-refractivity contribution in [2.45, 2.75) is 16.7 Å². The van der Waals surface area contributed by atoms with E-state index in [1.54, 1.807) is 41.3 Å². The third kappa shape index (κ3) is 3.45. The van der Waals surface area contributed by atoms with E-state index in [9.17, 15) is 26.4 Å². The highest BCUT2D eigenvalue weighted by molar-refractivity contribution is 7.90. The summed E-state index contributed by atoms with van der Waals surface area (Å²) in [6.45, 7) is 0. The van der Waals surface area contributed by atoms with Crippen LogP contribution in [0, 0.1) is 0 Å².